The number of hydrogen-bond acceptors (Lipinski definition) is 7. The number of ether oxygens (including phenoxy) is 1. The van der Waals surface area contributed by atoms with Crippen molar-refractivity contribution < 1.29 is 9.53 Å². The van der Waals surface area contributed by atoms with Crippen molar-refractivity contribution in [1.29, 1.82) is 0 Å². The predicted octanol–water partition coefficient (Wildman–Crippen LogP) is 4.04. The molecule has 1 atom stereocenters. The molecular weight excluding hydrogens is 380 g/mol. The molecule has 0 aliphatic carbocycles. The predicted molar refractivity (Wildman–Crippen MR) is 113 cm³/mol. The molecule has 0 radical (unpaired) electrons. The number of nitrogens with zero attached hydrogens (tertiary/aromatic N) is 2. The summed E-state index contributed by atoms with van der Waals surface area (Å²) in [5, 5.41) is 15.4. The van der Waals surface area contributed by atoms with E-state index >= 15 is 0 Å². The fourth-order valence-corrected chi connectivity index (χ4v) is 4.52. The van der Waals surface area contributed by atoms with Crippen LogP contribution >= 0.6 is 23.1 Å². The summed E-state index contributed by atoms with van der Waals surface area (Å²) in [5.74, 6) is 0.00501. The van der Waals surface area contributed by atoms with Gasteiger partial charge in [0.1, 0.15) is 0 Å². The number of anilines is 2. The van der Waals surface area contributed by atoms with Gasteiger partial charge in [0.2, 0.25) is 11.0 Å². The molecule has 0 saturated carbocycles. The Bertz CT molecular complexity index is 714. The Labute approximate surface area is 169 Å². The van der Waals surface area contributed by atoms with E-state index in [2.05, 4.69) is 52.9 Å². The van der Waals surface area contributed by atoms with E-state index in [0.717, 1.165) is 34.4 Å². The zero-order valence-corrected chi connectivity index (χ0v) is 18.0. The number of para-hydroxylation sites is 1. The third-order valence-electron chi connectivity index (χ3n) is 4.11. The van der Waals surface area contributed by atoms with Gasteiger partial charge in [0.05, 0.1) is 5.25 Å². The van der Waals surface area contributed by atoms with Gasteiger partial charge in [0.25, 0.3) is 0 Å². The summed E-state index contributed by atoms with van der Waals surface area (Å²) in [7, 11) is 1.66. The Morgan fingerprint density at radius 3 is 2.59 bits per heavy atom. The van der Waals surface area contributed by atoms with Gasteiger partial charge in [-0.2, -0.15) is 0 Å². The smallest absolute Gasteiger partial charge is 0.233 e. The standard InChI is InChI=1S/C19H28N4O2S2/c1-5-14-9-7-10-15(6-2)16(14)21-18-22-23-19(27-18)26-13(3)17(24)20-11-8-12-25-4/h7,9-10,13H,5-6,8,11-12H2,1-4H3,(H,20,24)(H,21,22). The topological polar surface area (TPSA) is 76.1 Å². The van der Waals surface area contributed by atoms with E-state index < -0.39 is 0 Å². The zero-order chi connectivity index (χ0) is 19.6. The first-order valence-electron chi connectivity index (χ1n) is 9.23. The molecule has 27 heavy (non-hydrogen) atoms. The molecule has 8 heteroatoms. The normalized spacial score (nSPS) is 12.0. The summed E-state index contributed by atoms with van der Waals surface area (Å²) < 4.78 is 5.77. The Morgan fingerprint density at radius 1 is 1.26 bits per heavy atom. The lowest BCUT2D eigenvalue weighted by molar-refractivity contribution is -0.120. The highest BCUT2D eigenvalue weighted by molar-refractivity contribution is 8.02. The molecule has 0 spiro atoms. The van der Waals surface area contributed by atoms with Gasteiger partial charge < -0.3 is 15.4 Å². The Kier molecular flexibility index (Phi) is 9.03. The van der Waals surface area contributed by atoms with E-state index in [1.54, 1.807) is 7.11 Å². The summed E-state index contributed by atoms with van der Waals surface area (Å²) in [5.41, 5.74) is 3.66. The molecule has 1 aromatic heterocycles. The SMILES string of the molecule is CCc1cccc(CC)c1Nc1nnc(SC(C)C(=O)NCCCOC)s1. The van der Waals surface area contributed by atoms with Crippen LogP contribution in [0, 0.1) is 0 Å². The largest absolute Gasteiger partial charge is 0.385 e. The molecule has 0 fully saturated rings. The summed E-state index contributed by atoms with van der Waals surface area (Å²) in [4.78, 5) is 12.1. The number of methoxy groups -OCH3 is 1. The monoisotopic (exact) mass is 408 g/mol. The highest BCUT2D eigenvalue weighted by Gasteiger charge is 2.17. The number of rotatable bonds is 11. The minimum Gasteiger partial charge on any atom is -0.385 e. The molecule has 0 saturated heterocycles. The summed E-state index contributed by atoms with van der Waals surface area (Å²) >= 11 is 2.90. The molecule has 6 nitrogen and oxygen atoms in total. The zero-order valence-electron chi connectivity index (χ0n) is 16.4. The first-order valence-corrected chi connectivity index (χ1v) is 10.9. The highest BCUT2D eigenvalue weighted by Crippen LogP contribution is 2.32. The maximum absolute atomic E-state index is 12.1. The number of aromatic nitrogens is 2. The summed E-state index contributed by atoms with van der Waals surface area (Å²) in [6.07, 6.45) is 2.72. The lowest BCUT2D eigenvalue weighted by Gasteiger charge is -2.13. The van der Waals surface area contributed by atoms with Crippen LogP contribution in [0.4, 0.5) is 10.8 Å². The number of thioether (sulfide) groups is 1. The third-order valence-corrected chi connectivity index (χ3v) is 6.13. The molecule has 0 aliphatic heterocycles. The average molecular weight is 409 g/mol. The molecule has 2 N–H and O–H groups in total. The second-order valence-corrected chi connectivity index (χ2v) is 8.62. The fraction of sp³-hybridized carbons (Fsp3) is 0.526. The van der Waals surface area contributed by atoms with Crippen LogP contribution in [0.25, 0.3) is 0 Å². The van der Waals surface area contributed by atoms with Crippen molar-refractivity contribution in [3.8, 4) is 0 Å². The van der Waals surface area contributed by atoms with E-state index in [-0.39, 0.29) is 11.2 Å². The Morgan fingerprint density at radius 2 is 1.96 bits per heavy atom. The van der Waals surface area contributed by atoms with Crippen LogP contribution in [0.1, 0.15) is 38.3 Å². The lowest BCUT2D eigenvalue weighted by atomic mass is 10.0. The lowest BCUT2D eigenvalue weighted by Crippen LogP contribution is -2.32. The second kappa shape index (κ2) is 11.3. The molecule has 1 heterocycles. The molecule has 1 amide bonds. The number of amides is 1. The van der Waals surface area contributed by atoms with Crippen molar-refractivity contribution >= 4 is 39.8 Å². The number of hydrogen-bond donors (Lipinski definition) is 2. The molecule has 148 valence electrons. The molecular formula is C19H28N4O2S2. The maximum atomic E-state index is 12.1. The van der Waals surface area contributed by atoms with Crippen molar-refractivity contribution in [3.05, 3.63) is 29.3 Å². The van der Waals surface area contributed by atoms with Gasteiger partial charge in [-0.15, -0.1) is 10.2 Å². The van der Waals surface area contributed by atoms with Crippen molar-refractivity contribution in [2.24, 2.45) is 0 Å². The molecule has 0 aliphatic rings. The van der Waals surface area contributed by atoms with Crippen LogP contribution in [-0.2, 0) is 22.4 Å². The average Bonchev–Trinajstić information content (AvgIpc) is 3.12. The van der Waals surface area contributed by atoms with E-state index in [1.807, 2.05) is 6.92 Å². The van der Waals surface area contributed by atoms with Gasteiger partial charge in [0.15, 0.2) is 4.34 Å². The Balaban J connectivity index is 1.96. The van der Waals surface area contributed by atoms with E-state index in [9.17, 15) is 4.79 Å². The van der Waals surface area contributed by atoms with Gasteiger partial charge >= 0.3 is 0 Å². The van der Waals surface area contributed by atoms with Crippen LogP contribution in [0.15, 0.2) is 22.5 Å². The molecule has 2 rings (SSSR count). The minimum atomic E-state index is -0.220. The van der Waals surface area contributed by atoms with E-state index in [1.165, 1.54) is 34.2 Å². The van der Waals surface area contributed by atoms with E-state index in [4.69, 9.17) is 4.74 Å². The van der Waals surface area contributed by atoms with Crippen LogP contribution in [0.5, 0.6) is 0 Å². The quantitative estimate of drug-likeness (QED) is 0.432. The minimum absolute atomic E-state index is 0.00501. The van der Waals surface area contributed by atoms with Crippen molar-refractivity contribution in [1.82, 2.24) is 15.5 Å². The Hall–Kier alpha value is -1.64. The maximum Gasteiger partial charge on any atom is 0.233 e. The second-order valence-electron chi connectivity index (χ2n) is 6.05. The number of carbonyl (C=O) groups is 1. The van der Waals surface area contributed by atoms with Gasteiger partial charge in [-0.1, -0.05) is 55.1 Å². The van der Waals surface area contributed by atoms with Gasteiger partial charge in [0, 0.05) is 25.9 Å². The molecule has 0 bridgehead atoms. The van der Waals surface area contributed by atoms with Crippen molar-refractivity contribution in [2.45, 2.75) is 49.6 Å². The van der Waals surface area contributed by atoms with Crippen LogP contribution in [0.3, 0.4) is 0 Å². The number of nitrogens with one attached hydrogen (secondary N) is 2. The molecule has 1 aromatic carbocycles. The third kappa shape index (κ3) is 6.48. The van der Waals surface area contributed by atoms with Gasteiger partial charge in [-0.05, 0) is 37.3 Å². The van der Waals surface area contributed by atoms with Crippen LogP contribution in [0.2, 0.25) is 0 Å². The first-order chi connectivity index (χ1) is 13.1. The highest BCUT2D eigenvalue weighted by atomic mass is 32.2. The van der Waals surface area contributed by atoms with Crippen LogP contribution in [-0.4, -0.2) is 41.6 Å². The van der Waals surface area contributed by atoms with Crippen molar-refractivity contribution in [2.75, 3.05) is 25.6 Å². The molecule has 1 unspecified atom stereocenters. The van der Waals surface area contributed by atoms with Gasteiger partial charge in [-0.25, -0.2) is 0 Å². The van der Waals surface area contributed by atoms with E-state index in [0.29, 0.717) is 13.2 Å². The summed E-state index contributed by atoms with van der Waals surface area (Å²) in [6, 6.07) is 6.36. The first kappa shape index (κ1) is 21.7. The molecule has 2 aromatic rings. The number of carbonyl (C=O) groups excluding carboxylic acids is 1. The number of benzene rings is 1. The van der Waals surface area contributed by atoms with Crippen LogP contribution < -0.4 is 10.6 Å². The summed E-state index contributed by atoms with van der Waals surface area (Å²) in [6.45, 7) is 7.44. The fourth-order valence-electron chi connectivity index (χ4n) is 2.59. The van der Waals surface area contributed by atoms with Crippen molar-refractivity contribution in [3.63, 3.8) is 0 Å². The van der Waals surface area contributed by atoms with Gasteiger partial charge in [-0.3, -0.25) is 4.79 Å². The number of aryl methyl sites for hydroxylation is 2.